The molecule has 1 N–H and O–H groups in total. The fourth-order valence-corrected chi connectivity index (χ4v) is 3.84. The van der Waals surface area contributed by atoms with Gasteiger partial charge in [0.05, 0.1) is 0 Å². The lowest BCUT2D eigenvalue weighted by molar-refractivity contribution is 0.267. The van der Waals surface area contributed by atoms with Gasteiger partial charge in [0.25, 0.3) is 0 Å². The Morgan fingerprint density at radius 2 is 1.95 bits per heavy atom. The van der Waals surface area contributed by atoms with Crippen molar-refractivity contribution in [3.05, 3.63) is 35.4 Å². The van der Waals surface area contributed by atoms with Crippen LogP contribution in [0.1, 0.15) is 68.9 Å². The van der Waals surface area contributed by atoms with Crippen molar-refractivity contribution in [2.75, 3.05) is 6.54 Å². The van der Waals surface area contributed by atoms with Gasteiger partial charge in [-0.2, -0.15) is 0 Å². The van der Waals surface area contributed by atoms with Gasteiger partial charge in [-0.3, -0.25) is 0 Å². The third-order valence-corrected chi connectivity index (χ3v) is 5.16. The second kappa shape index (κ2) is 6.76. The van der Waals surface area contributed by atoms with Crippen molar-refractivity contribution in [2.24, 2.45) is 11.8 Å². The highest BCUT2D eigenvalue weighted by Crippen LogP contribution is 2.41. The highest BCUT2D eigenvalue weighted by molar-refractivity contribution is 5.33. The highest BCUT2D eigenvalue weighted by Gasteiger charge is 2.25. The van der Waals surface area contributed by atoms with Crippen LogP contribution >= 0.6 is 0 Å². The molecular weight excluding hydrogens is 242 g/mol. The molecular formula is C19H29N. The SMILES string of the molecule is CC1CCCC(CCNCc2ccccc2C2CC2)C1. The highest BCUT2D eigenvalue weighted by atomic mass is 14.8. The van der Waals surface area contributed by atoms with Crippen molar-refractivity contribution in [2.45, 2.75) is 64.3 Å². The largest absolute Gasteiger partial charge is 0.313 e. The molecule has 2 aliphatic rings. The number of hydrogen-bond acceptors (Lipinski definition) is 1. The van der Waals surface area contributed by atoms with E-state index in [1.807, 2.05) is 0 Å². The Morgan fingerprint density at radius 1 is 1.10 bits per heavy atom. The first-order valence-corrected chi connectivity index (χ1v) is 8.61. The molecule has 110 valence electrons. The minimum absolute atomic E-state index is 0.868. The minimum Gasteiger partial charge on any atom is -0.313 e. The van der Waals surface area contributed by atoms with E-state index in [0.717, 1.165) is 24.3 Å². The van der Waals surface area contributed by atoms with Crippen LogP contribution in [-0.4, -0.2) is 6.54 Å². The molecule has 0 aliphatic heterocycles. The van der Waals surface area contributed by atoms with Gasteiger partial charge in [0, 0.05) is 6.54 Å². The Bertz CT molecular complexity index is 422. The molecule has 0 amide bonds. The quantitative estimate of drug-likeness (QED) is 0.728. The smallest absolute Gasteiger partial charge is 0.0208 e. The summed E-state index contributed by atoms with van der Waals surface area (Å²) < 4.78 is 0. The Hall–Kier alpha value is -0.820. The van der Waals surface area contributed by atoms with Crippen LogP contribution in [0.5, 0.6) is 0 Å². The lowest BCUT2D eigenvalue weighted by Crippen LogP contribution is -2.21. The van der Waals surface area contributed by atoms with Gasteiger partial charge in [-0.25, -0.2) is 0 Å². The molecule has 0 saturated heterocycles. The zero-order valence-corrected chi connectivity index (χ0v) is 12.9. The van der Waals surface area contributed by atoms with Crippen molar-refractivity contribution >= 4 is 0 Å². The van der Waals surface area contributed by atoms with E-state index >= 15 is 0 Å². The molecule has 0 aromatic heterocycles. The molecule has 2 fully saturated rings. The Labute approximate surface area is 124 Å². The summed E-state index contributed by atoms with van der Waals surface area (Å²) in [6.07, 6.45) is 10.0. The van der Waals surface area contributed by atoms with Gasteiger partial charge < -0.3 is 5.32 Å². The fourth-order valence-electron chi connectivity index (χ4n) is 3.84. The first-order valence-electron chi connectivity index (χ1n) is 8.61. The van der Waals surface area contributed by atoms with Gasteiger partial charge in [-0.1, -0.05) is 50.5 Å². The van der Waals surface area contributed by atoms with Gasteiger partial charge in [-0.15, -0.1) is 0 Å². The summed E-state index contributed by atoms with van der Waals surface area (Å²) in [6.45, 7) is 4.68. The second-order valence-corrected chi connectivity index (χ2v) is 7.08. The molecule has 2 aliphatic carbocycles. The maximum atomic E-state index is 3.69. The van der Waals surface area contributed by atoms with E-state index in [2.05, 4.69) is 36.5 Å². The van der Waals surface area contributed by atoms with E-state index in [4.69, 9.17) is 0 Å². The van der Waals surface area contributed by atoms with Crippen molar-refractivity contribution < 1.29 is 0 Å². The van der Waals surface area contributed by atoms with E-state index in [9.17, 15) is 0 Å². The first-order chi connectivity index (χ1) is 9.83. The molecule has 1 nitrogen and oxygen atoms in total. The summed E-state index contributed by atoms with van der Waals surface area (Å²) in [6, 6.07) is 9.02. The predicted octanol–water partition coefficient (Wildman–Crippen LogP) is 4.87. The van der Waals surface area contributed by atoms with Crippen LogP contribution in [0.15, 0.2) is 24.3 Å². The van der Waals surface area contributed by atoms with E-state index in [-0.39, 0.29) is 0 Å². The zero-order valence-electron chi connectivity index (χ0n) is 12.9. The summed E-state index contributed by atoms with van der Waals surface area (Å²) in [7, 11) is 0. The third-order valence-electron chi connectivity index (χ3n) is 5.16. The lowest BCUT2D eigenvalue weighted by atomic mass is 9.81. The standard InChI is InChI=1S/C19H29N/c1-15-5-4-6-16(13-15)11-12-20-14-18-7-2-3-8-19(18)17-9-10-17/h2-3,7-8,15-17,20H,4-6,9-14H2,1H3. The second-order valence-electron chi connectivity index (χ2n) is 7.08. The molecule has 2 unspecified atom stereocenters. The van der Waals surface area contributed by atoms with Gasteiger partial charge >= 0.3 is 0 Å². The summed E-state index contributed by atoms with van der Waals surface area (Å²) >= 11 is 0. The molecule has 2 saturated carbocycles. The zero-order chi connectivity index (χ0) is 13.8. The topological polar surface area (TPSA) is 12.0 Å². The van der Waals surface area contributed by atoms with Crippen LogP contribution in [0.2, 0.25) is 0 Å². The van der Waals surface area contributed by atoms with Gasteiger partial charge in [0.2, 0.25) is 0 Å². The van der Waals surface area contributed by atoms with E-state index < -0.39 is 0 Å². The molecule has 0 radical (unpaired) electrons. The molecule has 0 bridgehead atoms. The molecule has 3 rings (SSSR count). The molecule has 2 atom stereocenters. The maximum absolute atomic E-state index is 3.69. The minimum atomic E-state index is 0.868. The maximum Gasteiger partial charge on any atom is 0.0208 e. The van der Waals surface area contributed by atoms with E-state index in [1.165, 1.54) is 57.1 Å². The molecule has 1 aromatic rings. The number of hydrogen-bond donors (Lipinski definition) is 1. The van der Waals surface area contributed by atoms with Crippen LogP contribution in [0.25, 0.3) is 0 Å². The van der Waals surface area contributed by atoms with E-state index in [0.29, 0.717) is 0 Å². The Kier molecular flexibility index (Phi) is 4.77. The molecule has 20 heavy (non-hydrogen) atoms. The Morgan fingerprint density at radius 3 is 2.75 bits per heavy atom. The van der Waals surface area contributed by atoms with Gasteiger partial charge in [-0.05, 0) is 61.1 Å². The summed E-state index contributed by atoms with van der Waals surface area (Å²) in [5, 5.41) is 3.69. The summed E-state index contributed by atoms with van der Waals surface area (Å²) in [5.41, 5.74) is 3.14. The third kappa shape index (κ3) is 3.85. The first kappa shape index (κ1) is 14.1. The monoisotopic (exact) mass is 271 g/mol. The summed E-state index contributed by atoms with van der Waals surface area (Å²) in [5.74, 6) is 2.81. The average molecular weight is 271 g/mol. The molecule has 0 spiro atoms. The number of benzene rings is 1. The van der Waals surface area contributed by atoms with Gasteiger partial charge in [0.1, 0.15) is 0 Å². The van der Waals surface area contributed by atoms with Crippen molar-refractivity contribution in [3.63, 3.8) is 0 Å². The van der Waals surface area contributed by atoms with Crippen LogP contribution in [0, 0.1) is 11.8 Å². The normalized spacial score (nSPS) is 26.6. The van der Waals surface area contributed by atoms with Crippen LogP contribution in [0.3, 0.4) is 0 Å². The van der Waals surface area contributed by atoms with Crippen LogP contribution in [-0.2, 0) is 6.54 Å². The van der Waals surface area contributed by atoms with Crippen molar-refractivity contribution in [1.29, 1.82) is 0 Å². The molecule has 0 heterocycles. The van der Waals surface area contributed by atoms with Crippen molar-refractivity contribution in [1.82, 2.24) is 5.32 Å². The lowest BCUT2D eigenvalue weighted by Gasteiger charge is -2.26. The fraction of sp³-hybridized carbons (Fsp3) is 0.684. The number of rotatable bonds is 6. The average Bonchev–Trinajstić information content (AvgIpc) is 3.29. The Balaban J connectivity index is 1.41. The van der Waals surface area contributed by atoms with Crippen molar-refractivity contribution in [3.8, 4) is 0 Å². The van der Waals surface area contributed by atoms with Crippen LogP contribution < -0.4 is 5.32 Å². The number of nitrogens with one attached hydrogen (secondary N) is 1. The molecule has 1 aromatic carbocycles. The van der Waals surface area contributed by atoms with E-state index in [1.54, 1.807) is 5.56 Å². The van der Waals surface area contributed by atoms with Gasteiger partial charge in [0.15, 0.2) is 0 Å². The van der Waals surface area contributed by atoms with Crippen LogP contribution in [0.4, 0.5) is 0 Å². The summed E-state index contributed by atoms with van der Waals surface area (Å²) in [4.78, 5) is 0. The molecule has 1 heteroatoms. The predicted molar refractivity (Wildman–Crippen MR) is 85.9 cm³/mol.